The van der Waals surface area contributed by atoms with E-state index in [-0.39, 0.29) is 25.3 Å². The molecular weight excluding hydrogens is 274 g/mol. The Hall–Kier alpha value is -2.25. The molecule has 1 aromatic rings. The first kappa shape index (κ1) is 15.8. The van der Waals surface area contributed by atoms with Crippen molar-refractivity contribution < 1.29 is 23.2 Å². The zero-order valence-corrected chi connectivity index (χ0v) is 10.8. The largest absolute Gasteiger partial charge is 0.466 e. The van der Waals surface area contributed by atoms with Crippen molar-refractivity contribution in [3.8, 4) is 0 Å². The number of rotatable bonds is 7. The highest BCUT2D eigenvalue weighted by atomic mass is 19.3. The van der Waals surface area contributed by atoms with E-state index < -0.39 is 28.6 Å². The molecule has 0 heterocycles. The third-order valence-corrected chi connectivity index (χ3v) is 2.43. The molecule has 20 heavy (non-hydrogen) atoms. The van der Waals surface area contributed by atoms with Gasteiger partial charge in [-0.2, -0.15) is 0 Å². The Morgan fingerprint density at radius 1 is 1.50 bits per heavy atom. The number of carbonyl (C=O) groups excluding carboxylic acids is 1. The lowest BCUT2D eigenvalue weighted by Crippen LogP contribution is -2.12. The smallest absolute Gasteiger partial charge is 0.307 e. The highest BCUT2D eigenvalue weighted by Crippen LogP contribution is 2.30. The van der Waals surface area contributed by atoms with Crippen molar-refractivity contribution in [2.75, 3.05) is 18.5 Å². The molecular formula is C12H14F2N2O4. The molecule has 0 aliphatic carbocycles. The van der Waals surface area contributed by atoms with E-state index in [2.05, 4.69) is 5.32 Å². The Morgan fingerprint density at radius 2 is 2.20 bits per heavy atom. The summed E-state index contributed by atoms with van der Waals surface area (Å²) < 4.78 is 30.3. The van der Waals surface area contributed by atoms with Gasteiger partial charge in [0, 0.05) is 29.9 Å². The Balaban J connectivity index is 2.74. The number of nitrogens with one attached hydrogen (secondary N) is 1. The van der Waals surface area contributed by atoms with Crippen LogP contribution in [0.5, 0.6) is 0 Å². The van der Waals surface area contributed by atoms with Gasteiger partial charge in [-0.15, -0.1) is 0 Å². The van der Waals surface area contributed by atoms with Gasteiger partial charge in [0.05, 0.1) is 18.0 Å². The van der Waals surface area contributed by atoms with E-state index in [9.17, 15) is 23.7 Å². The molecule has 0 fully saturated rings. The minimum Gasteiger partial charge on any atom is -0.466 e. The number of nitro groups is 1. The lowest BCUT2D eigenvalue weighted by atomic mass is 10.1. The maximum absolute atomic E-state index is 12.8. The van der Waals surface area contributed by atoms with E-state index in [1.165, 1.54) is 6.07 Å². The average molecular weight is 288 g/mol. The normalized spacial score (nSPS) is 10.4. The molecule has 1 N–H and O–H groups in total. The van der Waals surface area contributed by atoms with E-state index in [0.29, 0.717) is 0 Å². The molecule has 0 aliphatic rings. The van der Waals surface area contributed by atoms with Crippen LogP contribution in [0, 0.1) is 10.1 Å². The third kappa shape index (κ3) is 4.45. The summed E-state index contributed by atoms with van der Waals surface area (Å²) in [6.45, 7) is 2.02. The van der Waals surface area contributed by atoms with Crippen molar-refractivity contribution in [3.05, 3.63) is 33.9 Å². The summed E-state index contributed by atoms with van der Waals surface area (Å²) >= 11 is 0. The van der Waals surface area contributed by atoms with Crippen molar-refractivity contribution in [2.24, 2.45) is 0 Å². The second-order valence-electron chi connectivity index (χ2n) is 3.81. The van der Waals surface area contributed by atoms with E-state index in [1.807, 2.05) is 0 Å². The van der Waals surface area contributed by atoms with Gasteiger partial charge >= 0.3 is 5.97 Å². The highest BCUT2D eigenvalue weighted by molar-refractivity contribution is 5.70. The summed E-state index contributed by atoms with van der Waals surface area (Å²) in [5.74, 6) is -0.444. The molecule has 0 bridgehead atoms. The Kier molecular flexibility index (Phi) is 5.82. The number of nitrogens with zero attached hydrogens (tertiary/aromatic N) is 1. The van der Waals surface area contributed by atoms with Crippen LogP contribution in [-0.2, 0) is 9.53 Å². The van der Waals surface area contributed by atoms with E-state index >= 15 is 0 Å². The van der Waals surface area contributed by atoms with Crippen LogP contribution in [0.15, 0.2) is 18.2 Å². The number of hydrogen-bond donors (Lipinski definition) is 1. The summed E-state index contributed by atoms with van der Waals surface area (Å²) in [7, 11) is 0. The maximum atomic E-state index is 12.8. The predicted octanol–water partition coefficient (Wildman–Crippen LogP) is 2.90. The monoisotopic (exact) mass is 288 g/mol. The standard InChI is InChI=1S/C12H14F2N2O4/c1-2-20-11(17)5-6-15-10-4-3-8(16(18)19)7-9(10)12(13)14/h3-4,7,12,15H,2,5-6H2,1H3. The molecule has 0 aromatic heterocycles. The fourth-order valence-electron chi connectivity index (χ4n) is 1.54. The molecule has 0 amide bonds. The van der Waals surface area contributed by atoms with E-state index in [4.69, 9.17) is 4.74 Å². The quantitative estimate of drug-likeness (QED) is 0.474. The van der Waals surface area contributed by atoms with Gasteiger partial charge in [0.25, 0.3) is 12.1 Å². The zero-order chi connectivity index (χ0) is 15.1. The Labute approximate surface area is 113 Å². The first-order valence-corrected chi connectivity index (χ1v) is 5.91. The maximum Gasteiger partial charge on any atom is 0.307 e. The molecule has 110 valence electrons. The lowest BCUT2D eigenvalue weighted by molar-refractivity contribution is -0.385. The van der Waals surface area contributed by atoms with Crippen molar-refractivity contribution in [3.63, 3.8) is 0 Å². The van der Waals surface area contributed by atoms with Crippen molar-refractivity contribution in [1.82, 2.24) is 0 Å². The molecule has 6 nitrogen and oxygen atoms in total. The third-order valence-electron chi connectivity index (χ3n) is 2.43. The minimum atomic E-state index is -2.85. The van der Waals surface area contributed by atoms with Crippen molar-refractivity contribution >= 4 is 17.3 Å². The SMILES string of the molecule is CCOC(=O)CCNc1ccc([N+](=O)[O-])cc1C(F)F. The van der Waals surface area contributed by atoms with Crippen LogP contribution in [-0.4, -0.2) is 24.0 Å². The molecule has 1 aromatic carbocycles. The number of carbonyl (C=O) groups is 1. The van der Waals surface area contributed by atoms with E-state index in [0.717, 1.165) is 12.1 Å². The molecule has 0 atom stereocenters. The van der Waals surface area contributed by atoms with Crippen LogP contribution in [0.1, 0.15) is 25.3 Å². The van der Waals surface area contributed by atoms with Gasteiger partial charge in [-0.05, 0) is 13.0 Å². The first-order valence-electron chi connectivity index (χ1n) is 5.91. The molecule has 0 spiro atoms. The molecule has 0 radical (unpaired) electrons. The number of nitro benzene ring substituents is 1. The number of non-ortho nitro benzene ring substituents is 1. The van der Waals surface area contributed by atoms with Gasteiger partial charge in [-0.1, -0.05) is 0 Å². The summed E-state index contributed by atoms with van der Waals surface area (Å²) in [6, 6.07) is 3.14. The number of ether oxygens (including phenoxy) is 1. The fourth-order valence-corrected chi connectivity index (χ4v) is 1.54. The van der Waals surface area contributed by atoms with Crippen LogP contribution < -0.4 is 5.32 Å². The number of esters is 1. The van der Waals surface area contributed by atoms with Crippen LogP contribution in [0.3, 0.4) is 0 Å². The molecule has 0 unspecified atom stereocenters. The topological polar surface area (TPSA) is 81.5 Å². The molecule has 0 saturated carbocycles. The lowest BCUT2D eigenvalue weighted by Gasteiger charge is -2.11. The first-order chi connectivity index (χ1) is 9.45. The van der Waals surface area contributed by atoms with Gasteiger partial charge in [0.1, 0.15) is 0 Å². The molecule has 0 aliphatic heterocycles. The molecule has 8 heteroatoms. The second-order valence-corrected chi connectivity index (χ2v) is 3.81. The Morgan fingerprint density at radius 3 is 2.75 bits per heavy atom. The van der Waals surface area contributed by atoms with Crippen LogP contribution in [0.25, 0.3) is 0 Å². The van der Waals surface area contributed by atoms with Gasteiger partial charge in [0.2, 0.25) is 0 Å². The molecule has 1 rings (SSSR count). The van der Waals surface area contributed by atoms with Crippen LogP contribution >= 0.6 is 0 Å². The van der Waals surface area contributed by atoms with Crippen LogP contribution in [0.4, 0.5) is 20.2 Å². The molecule has 0 saturated heterocycles. The minimum absolute atomic E-state index is 0.0213. The Bertz CT molecular complexity index is 494. The second kappa shape index (κ2) is 7.37. The van der Waals surface area contributed by atoms with Gasteiger partial charge < -0.3 is 10.1 Å². The van der Waals surface area contributed by atoms with Crippen molar-refractivity contribution in [1.29, 1.82) is 0 Å². The summed E-state index contributed by atoms with van der Waals surface area (Å²) in [4.78, 5) is 20.9. The average Bonchev–Trinajstić information content (AvgIpc) is 2.38. The number of halogens is 2. The van der Waals surface area contributed by atoms with Gasteiger partial charge in [-0.3, -0.25) is 14.9 Å². The predicted molar refractivity (Wildman–Crippen MR) is 67.8 cm³/mol. The fraction of sp³-hybridized carbons (Fsp3) is 0.417. The summed E-state index contributed by atoms with van der Waals surface area (Å²) in [5.41, 5.74) is -0.811. The highest BCUT2D eigenvalue weighted by Gasteiger charge is 2.17. The summed E-state index contributed by atoms with van der Waals surface area (Å²) in [5, 5.41) is 13.2. The summed E-state index contributed by atoms with van der Waals surface area (Å²) in [6.07, 6.45) is -2.83. The number of alkyl halides is 2. The van der Waals surface area contributed by atoms with Crippen LogP contribution in [0.2, 0.25) is 0 Å². The number of anilines is 1. The number of hydrogen-bond acceptors (Lipinski definition) is 5. The van der Waals surface area contributed by atoms with Gasteiger partial charge in [-0.25, -0.2) is 8.78 Å². The number of benzene rings is 1. The van der Waals surface area contributed by atoms with Gasteiger partial charge in [0.15, 0.2) is 0 Å². The zero-order valence-electron chi connectivity index (χ0n) is 10.8. The van der Waals surface area contributed by atoms with Crippen molar-refractivity contribution in [2.45, 2.75) is 19.8 Å². The van der Waals surface area contributed by atoms with E-state index in [1.54, 1.807) is 6.92 Å².